The van der Waals surface area contributed by atoms with E-state index in [1.807, 2.05) is 6.07 Å². The van der Waals surface area contributed by atoms with Crippen LogP contribution in [0.5, 0.6) is 5.75 Å². The Morgan fingerprint density at radius 2 is 1.93 bits per heavy atom. The molecule has 2 aromatic rings. The predicted octanol–water partition coefficient (Wildman–Crippen LogP) is 4.42. The van der Waals surface area contributed by atoms with Crippen LogP contribution >= 0.6 is 35.6 Å². The Morgan fingerprint density at radius 1 is 1.20 bits per heavy atom. The molecular formula is C20H25ClF2IN5O. The van der Waals surface area contributed by atoms with Crippen molar-refractivity contribution < 1.29 is 13.5 Å². The zero-order valence-corrected chi connectivity index (χ0v) is 19.7. The van der Waals surface area contributed by atoms with Crippen LogP contribution in [-0.2, 0) is 13.1 Å². The van der Waals surface area contributed by atoms with E-state index in [-0.39, 0.29) is 36.3 Å². The van der Waals surface area contributed by atoms with E-state index in [0.717, 1.165) is 24.5 Å². The van der Waals surface area contributed by atoms with Crippen molar-refractivity contribution in [3.8, 4) is 5.75 Å². The molecule has 0 amide bonds. The lowest BCUT2D eigenvalue weighted by molar-refractivity contribution is -0.0504. The number of benzene rings is 1. The summed E-state index contributed by atoms with van der Waals surface area (Å²) >= 11 is 5.99. The van der Waals surface area contributed by atoms with Crippen LogP contribution in [0.15, 0.2) is 41.5 Å². The standard InChI is InChI=1S/C20H24ClF2N5O.HI/c1-24-20(27-13-15-11-16(21)4-5-17(15)29-19(22)23)26-12-14-6-7-25-18(10-14)28-8-2-3-9-28;/h4-7,10-11,19H,2-3,8-9,12-13H2,1H3,(H2,24,26,27);1H. The molecule has 1 aromatic carbocycles. The molecule has 0 aliphatic carbocycles. The highest BCUT2D eigenvalue weighted by atomic mass is 127. The average Bonchev–Trinajstić information content (AvgIpc) is 3.25. The molecule has 0 spiro atoms. The van der Waals surface area contributed by atoms with Gasteiger partial charge in [-0.05, 0) is 48.7 Å². The van der Waals surface area contributed by atoms with Gasteiger partial charge in [-0.25, -0.2) is 4.98 Å². The van der Waals surface area contributed by atoms with Gasteiger partial charge in [0.05, 0.1) is 0 Å². The molecule has 0 radical (unpaired) electrons. The van der Waals surface area contributed by atoms with Gasteiger partial charge >= 0.3 is 6.61 Å². The SMILES string of the molecule is CN=C(NCc1ccnc(N2CCCC2)c1)NCc1cc(Cl)ccc1OC(F)F.I. The number of guanidine groups is 1. The molecule has 3 rings (SSSR count). The van der Waals surface area contributed by atoms with E-state index in [1.165, 1.54) is 25.0 Å². The van der Waals surface area contributed by atoms with Crippen molar-refractivity contribution in [2.45, 2.75) is 32.5 Å². The monoisotopic (exact) mass is 551 g/mol. The number of hydrogen-bond acceptors (Lipinski definition) is 4. The number of ether oxygens (including phenoxy) is 1. The third-order valence-electron chi connectivity index (χ3n) is 4.61. The molecule has 0 atom stereocenters. The maximum atomic E-state index is 12.6. The lowest BCUT2D eigenvalue weighted by Crippen LogP contribution is -2.36. The Bertz CT molecular complexity index is 850. The van der Waals surface area contributed by atoms with E-state index in [1.54, 1.807) is 19.3 Å². The number of halogens is 4. The molecule has 2 heterocycles. The summed E-state index contributed by atoms with van der Waals surface area (Å²) in [6.45, 7) is -0.0360. The number of rotatable bonds is 7. The van der Waals surface area contributed by atoms with Crippen LogP contribution in [0.3, 0.4) is 0 Å². The van der Waals surface area contributed by atoms with Gasteiger partial charge in [0.2, 0.25) is 0 Å². The zero-order chi connectivity index (χ0) is 20.6. The summed E-state index contributed by atoms with van der Waals surface area (Å²) in [5.41, 5.74) is 1.59. The van der Waals surface area contributed by atoms with Gasteiger partial charge in [-0.2, -0.15) is 8.78 Å². The molecule has 1 aliphatic heterocycles. The summed E-state index contributed by atoms with van der Waals surface area (Å²) in [5.74, 6) is 1.60. The molecule has 1 fully saturated rings. The van der Waals surface area contributed by atoms with Gasteiger partial charge in [0.25, 0.3) is 0 Å². The molecule has 164 valence electrons. The third-order valence-corrected chi connectivity index (χ3v) is 4.84. The van der Waals surface area contributed by atoms with Gasteiger partial charge < -0.3 is 20.3 Å². The fourth-order valence-electron chi connectivity index (χ4n) is 3.17. The first-order valence-corrected chi connectivity index (χ1v) is 9.80. The third kappa shape index (κ3) is 7.12. The lowest BCUT2D eigenvalue weighted by Gasteiger charge is -2.18. The summed E-state index contributed by atoms with van der Waals surface area (Å²) in [6.07, 6.45) is 4.20. The minimum absolute atomic E-state index is 0. The van der Waals surface area contributed by atoms with Crippen molar-refractivity contribution in [1.29, 1.82) is 0 Å². The summed E-state index contributed by atoms with van der Waals surface area (Å²) in [6, 6.07) is 8.54. The second-order valence-electron chi connectivity index (χ2n) is 6.63. The van der Waals surface area contributed by atoms with E-state index in [4.69, 9.17) is 11.6 Å². The summed E-state index contributed by atoms with van der Waals surface area (Å²) < 4.78 is 29.8. The van der Waals surface area contributed by atoms with E-state index in [0.29, 0.717) is 23.1 Å². The van der Waals surface area contributed by atoms with E-state index < -0.39 is 6.61 Å². The maximum Gasteiger partial charge on any atom is 0.387 e. The highest BCUT2D eigenvalue weighted by Crippen LogP contribution is 2.24. The number of nitrogens with one attached hydrogen (secondary N) is 2. The number of pyridine rings is 1. The van der Waals surface area contributed by atoms with Gasteiger partial charge in [-0.1, -0.05) is 11.6 Å². The predicted molar refractivity (Wildman–Crippen MR) is 126 cm³/mol. The molecule has 1 saturated heterocycles. The first-order chi connectivity index (χ1) is 14.0. The summed E-state index contributed by atoms with van der Waals surface area (Å²) in [7, 11) is 1.64. The van der Waals surface area contributed by atoms with Gasteiger partial charge in [-0.3, -0.25) is 4.99 Å². The summed E-state index contributed by atoms with van der Waals surface area (Å²) in [4.78, 5) is 10.9. The van der Waals surface area contributed by atoms with Crippen molar-refractivity contribution in [3.63, 3.8) is 0 Å². The molecule has 0 bridgehead atoms. The maximum absolute atomic E-state index is 12.6. The molecule has 1 aromatic heterocycles. The second kappa shape index (κ2) is 12.1. The molecule has 6 nitrogen and oxygen atoms in total. The number of hydrogen-bond donors (Lipinski definition) is 2. The molecular weight excluding hydrogens is 527 g/mol. The minimum atomic E-state index is -2.90. The fraction of sp³-hybridized carbons (Fsp3) is 0.400. The van der Waals surface area contributed by atoms with Gasteiger partial charge in [-0.15, -0.1) is 24.0 Å². The minimum Gasteiger partial charge on any atom is -0.434 e. The Hall–Kier alpha value is -1.88. The van der Waals surface area contributed by atoms with Crippen LogP contribution in [0, 0.1) is 0 Å². The first-order valence-electron chi connectivity index (χ1n) is 9.43. The van der Waals surface area contributed by atoms with Crippen LogP contribution < -0.4 is 20.3 Å². The number of anilines is 1. The Labute approximate surface area is 197 Å². The average molecular weight is 552 g/mol. The molecule has 0 unspecified atom stereocenters. The van der Waals surface area contributed by atoms with Crippen LogP contribution in [0.1, 0.15) is 24.0 Å². The van der Waals surface area contributed by atoms with E-state index in [9.17, 15) is 8.78 Å². The van der Waals surface area contributed by atoms with E-state index >= 15 is 0 Å². The van der Waals surface area contributed by atoms with Crippen LogP contribution in [-0.4, -0.2) is 37.7 Å². The normalized spacial score (nSPS) is 13.9. The van der Waals surface area contributed by atoms with Crippen molar-refractivity contribution in [1.82, 2.24) is 15.6 Å². The fourth-order valence-corrected chi connectivity index (χ4v) is 3.37. The van der Waals surface area contributed by atoms with E-state index in [2.05, 4.69) is 36.3 Å². The van der Waals surface area contributed by atoms with Gasteiger partial charge in [0.15, 0.2) is 5.96 Å². The second-order valence-corrected chi connectivity index (χ2v) is 7.06. The molecule has 1 aliphatic rings. The smallest absolute Gasteiger partial charge is 0.387 e. The molecule has 2 N–H and O–H groups in total. The van der Waals surface area contributed by atoms with Gasteiger partial charge in [0, 0.05) is 50.0 Å². The quantitative estimate of drug-likeness (QED) is 0.303. The van der Waals surface area contributed by atoms with Crippen LogP contribution in [0.2, 0.25) is 5.02 Å². The van der Waals surface area contributed by atoms with Crippen LogP contribution in [0.25, 0.3) is 0 Å². The number of aromatic nitrogens is 1. The van der Waals surface area contributed by atoms with Crippen molar-refractivity contribution in [3.05, 3.63) is 52.7 Å². The molecule has 0 saturated carbocycles. The Morgan fingerprint density at radius 3 is 2.63 bits per heavy atom. The number of nitrogens with zero attached hydrogens (tertiary/aromatic N) is 3. The number of aliphatic imine (C=N–C) groups is 1. The first kappa shape index (κ1) is 24.4. The van der Waals surface area contributed by atoms with Crippen LogP contribution in [0.4, 0.5) is 14.6 Å². The van der Waals surface area contributed by atoms with Crippen molar-refractivity contribution >= 4 is 47.4 Å². The highest BCUT2D eigenvalue weighted by molar-refractivity contribution is 14.0. The lowest BCUT2D eigenvalue weighted by atomic mass is 10.2. The topological polar surface area (TPSA) is 61.8 Å². The van der Waals surface area contributed by atoms with Crippen molar-refractivity contribution in [2.75, 3.05) is 25.0 Å². The zero-order valence-electron chi connectivity index (χ0n) is 16.6. The summed E-state index contributed by atoms with van der Waals surface area (Å²) in [5, 5.41) is 6.76. The Kier molecular flexibility index (Phi) is 9.83. The van der Waals surface area contributed by atoms with Crippen molar-refractivity contribution in [2.24, 2.45) is 4.99 Å². The number of alkyl halides is 2. The molecule has 10 heteroatoms. The highest BCUT2D eigenvalue weighted by Gasteiger charge is 2.14. The Balaban J connectivity index is 0.00000320. The van der Waals surface area contributed by atoms with Gasteiger partial charge in [0.1, 0.15) is 11.6 Å². The largest absolute Gasteiger partial charge is 0.434 e. The molecule has 30 heavy (non-hydrogen) atoms.